The lowest BCUT2D eigenvalue weighted by atomic mass is 10.2. The van der Waals surface area contributed by atoms with Gasteiger partial charge >= 0.3 is 0 Å². The summed E-state index contributed by atoms with van der Waals surface area (Å²) in [6, 6.07) is 25.9. The molecule has 0 spiro atoms. The average Bonchev–Trinajstić information content (AvgIpc) is 3.10. The van der Waals surface area contributed by atoms with Crippen LogP contribution in [-0.2, 0) is 6.61 Å². The molecule has 1 aromatic heterocycles. The van der Waals surface area contributed by atoms with Crippen LogP contribution in [-0.4, -0.2) is 15.9 Å². The van der Waals surface area contributed by atoms with Crippen molar-refractivity contribution in [1.82, 2.24) is 9.66 Å². The number of nitrogens with zero attached hydrogens (tertiary/aromatic N) is 3. The van der Waals surface area contributed by atoms with Gasteiger partial charge in [-0.25, -0.2) is 9.66 Å². The summed E-state index contributed by atoms with van der Waals surface area (Å²) in [5.41, 5.74) is 4.08. The molecule has 0 aliphatic rings. The van der Waals surface area contributed by atoms with Gasteiger partial charge in [-0.2, -0.15) is 5.10 Å². The molecule has 0 aliphatic heterocycles. The normalized spacial score (nSPS) is 11.2. The van der Waals surface area contributed by atoms with Crippen molar-refractivity contribution in [3.8, 4) is 5.75 Å². The van der Waals surface area contributed by atoms with Crippen LogP contribution in [0, 0.1) is 0 Å². The van der Waals surface area contributed by atoms with Crippen LogP contribution in [0.5, 0.6) is 5.75 Å². The van der Waals surface area contributed by atoms with Crippen LogP contribution < -0.4 is 4.74 Å². The molecule has 0 atom stereocenters. The van der Waals surface area contributed by atoms with Crippen LogP contribution >= 0.6 is 0 Å². The maximum atomic E-state index is 5.80. The smallest absolute Gasteiger partial charge is 0.119 e. The van der Waals surface area contributed by atoms with Crippen LogP contribution in [0.25, 0.3) is 11.0 Å². The van der Waals surface area contributed by atoms with Crippen LogP contribution in [0.3, 0.4) is 0 Å². The zero-order valence-electron chi connectivity index (χ0n) is 13.6. The standard InChI is InChI=1S/C21H17N3O/c1-2-6-18(7-3-1)15-25-19-12-10-17(11-13-19)14-23-24-16-22-20-8-4-5-9-21(20)24/h1-14,16H,15H2/b23-14-. The highest BCUT2D eigenvalue weighted by Crippen LogP contribution is 2.14. The Morgan fingerprint density at radius 3 is 2.48 bits per heavy atom. The Hall–Kier alpha value is -3.40. The number of benzene rings is 3. The molecule has 0 saturated carbocycles. The third-order valence-electron chi connectivity index (χ3n) is 3.89. The summed E-state index contributed by atoms with van der Waals surface area (Å²) in [5, 5.41) is 4.48. The van der Waals surface area contributed by atoms with E-state index in [1.807, 2.05) is 72.9 Å². The van der Waals surface area contributed by atoms with Gasteiger partial charge in [0.15, 0.2) is 0 Å². The number of fused-ring (bicyclic) bond motifs is 1. The van der Waals surface area contributed by atoms with E-state index in [2.05, 4.69) is 22.2 Å². The predicted molar refractivity (Wildman–Crippen MR) is 99.9 cm³/mol. The topological polar surface area (TPSA) is 39.4 Å². The first kappa shape index (κ1) is 15.1. The van der Waals surface area contributed by atoms with E-state index in [0.29, 0.717) is 6.61 Å². The molecule has 4 rings (SSSR count). The number of ether oxygens (including phenoxy) is 1. The zero-order valence-corrected chi connectivity index (χ0v) is 13.6. The van der Waals surface area contributed by atoms with Gasteiger partial charge in [0.05, 0.1) is 17.2 Å². The van der Waals surface area contributed by atoms with Crippen molar-refractivity contribution in [2.45, 2.75) is 6.61 Å². The van der Waals surface area contributed by atoms with E-state index in [1.54, 1.807) is 11.0 Å². The van der Waals surface area contributed by atoms with E-state index >= 15 is 0 Å². The first-order chi connectivity index (χ1) is 12.4. The summed E-state index contributed by atoms with van der Waals surface area (Å²) in [6.45, 7) is 0.565. The molecule has 0 amide bonds. The molecule has 0 fully saturated rings. The van der Waals surface area contributed by atoms with Crippen molar-refractivity contribution < 1.29 is 4.74 Å². The third kappa shape index (κ3) is 3.58. The molecule has 0 radical (unpaired) electrons. The SMILES string of the molecule is C(=N/n1cnc2ccccc21)/c1ccc(OCc2ccccc2)cc1. The molecule has 0 aliphatic carbocycles. The van der Waals surface area contributed by atoms with Crippen molar-refractivity contribution in [3.63, 3.8) is 0 Å². The average molecular weight is 327 g/mol. The van der Waals surface area contributed by atoms with Crippen LogP contribution in [0.1, 0.15) is 11.1 Å². The number of aromatic nitrogens is 2. The summed E-state index contributed by atoms with van der Waals surface area (Å²) in [6.07, 6.45) is 3.54. The molecule has 0 bridgehead atoms. The Kier molecular flexibility index (Phi) is 4.25. The van der Waals surface area contributed by atoms with Gasteiger partial charge in [-0.05, 0) is 47.5 Å². The molecule has 3 aromatic carbocycles. The minimum Gasteiger partial charge on any atom is -0.489 e. The van der Waals surface area contributed by atoms with E-state index in [0.717, 1.165) is 27.9 Å². The molecule has 4 heteroatoms. The Bertz CT molecular complexity index is 989. The van der Waals surface area contributed by atoms with Gasteiger partial charge in [0.1, 0.15) is 18.7 Å². The summed E-state index contributed by atoms with van der Waals surface area (Å²) in [7, 11) is 0. The van der Waals surface area contributed by atoms with E-state index in [9.17, 15) is 0 Å². The molecule has 1 heterocycles. The van der Waals surface area contributed by atoms with Crippen LogP contribution in [0.4, 0.5) is 0 Å². The highest BCUT2D eigenvalue weighted by molar-refractivity contribution is 5.81. The first-order valence-electron chi connectivity index (χ1n) is 8.12. The van der Waals surface area contributed by atoms with Gasteiger partial charge in [0.25, 0.3) is 0 Å². The van der Waals surface area contributed by atoms with E-state index in [-0.39, 0.29) is 0 Å². The van der Waals surface area contributed by atoms with Crippen molar-refractivity contribution in [3.05, 3.63) is 96.3 Å². The van der Waals surface area contributed by atoms with Gasteiger partial charge in [-0.15, -0.1) is 0 Å². The highest BCUT2D eigenvalue weighted by Gasteiger charge is 1.99. The monoisotopic (exact) mass is 327 g/mol. The van der Waals surface area contributed by atoms with Crippen molar-refractivity contribution in [2.75, 3.05) is 0 Å². The maximum Gasteiger partial charge on any atom is 0.119 e. The fourth-order valence-electron chi connectivity index (χ4n) is 2.56. The summed E-state index contributed by atoms with van der Waals surface area (Å²) < 4.78 is 7.57. The fraction of sp³-hybridized carbons (Fsp3) is 0.0476. The quantitative estimate of drug-likeness (QED) is 0.506. The molecule has 122 valence electrons. The van der Waals surface area contributed by atoms with Crippen molar-refractivity contribution in [1.29, 1.82) is 0 Å². The molecular formula is C21H17N3O. The number of rotatable bonds is 5. The van der Waals surface area contributed by atoms with Gasteiger partial charge in [-0.3, -0.25) is 0 Å². The summed E-state index contributed by atoms with van der Waals surface area (Å²) in [5.74, 6) is 0.842. The number of hydrogen-bond acceptors (Lipinski definition) is 3. The van der Waals surface area contributed by atoms with Crippen LogP contribution in [0.15, 0.2) is 90.3 Å². The molecule has 25 heavy (non-hydrogen) atoms. The van der Waals surface area contributed by atoms with E-state index in [4.69, 9.17) is 4.74 Å². The van der Waals surface area contributed by atoms with Gasteiger partial charge in [0.2, 0.25) is 0 Å². The lowest BCUT2D eigenvalue weighted by molar-refractivity contribution is 0.306. The first-order valence-corrected chi connectivity index (χ1v) is 8.12. The second-order valence-corrected chi connectivity index (χ2v) is 5.67. The third-order valence-corrected chi connectivity index (χ3v) is 3.89. The second-order valence-electron chi connectivity index (χ2n) is 5.67. The Morgan fingerprint density at radius 1 is 0.880 bits per heavy atom. The zero-order chi connectivity index (χ0) is 16.9. The minimum absolute atomic E-state index is 0.565. The molecule has 0 saturated heterocycles. The lowest BCUT2D eigenvalue weighted by Crippen LogP contribution is -1.95. The van der Waals surface area contributed by atoms with E-state index in [1.165, 1.54) is 0 Å². The van der Waals surface area contributed by atoms with Gasteiger partial charge in [0, 0.05) is 0 Å². The van der Waals surface area contributed by atoms with Crippen molar-refractivity contribution in [2.24, 2.45) is 5.10 Å². The fourth-order valence-corrected chi connectivity index (χ4v) is 2.56. The Morgan fingerprint density at radius 2 is 1.64 bits per heavy atom. The lowest BCUT2D eigenvalue weighted by Gasteiger charge is -2.06. The largest absolute Gasteiger partial charge is 0.489 e. The molecule has 0 N–H and O–H groups in total. The van der Waals surface area contributed by atoms with E-state index < -0.39 is 0 Å². The van der Waals surface area contributed by atoms with Crippen molar-refractivity contribution >= 4 is 17.2 Å². The minimum atomic E-state index is 0.565. The predicted octanol–water partition coefficient (Wildman–Crippen LogP) is 4.50. The van der Waals surface area contributed by atoms with Gasteiger partial charge < -0.3 is 4.74 Å². The summed E-state index contributed by atoms with van der Waals surface area (Å²) in [4.78, 5) is 4.33. The number of para-hydroxylation sites is 2. The molecule has 4 nitrogen and oxygen atoms in total. The Labute approximate surface area is 146 Å². The maximum absolute atomic E-state index is 5.80. The molecule has 4 aromatic rings. The highest BCUT2D eigenvalue weighted by atomic mass is 16.5. The second kappa shape index (κ2) is 7.01. The molecule has 0 unspecified atom stereocenters. The Balaban J connectivity index is 1.43. The molecular weight excluding hydrogens is 310 g/mol. The number of imidazole rings is 1. The number of hydrogen-bond donors (Lipinski definition) is 0. The summed E-state index contributed by atoms with van der Waals surface area (Å²) >= 11 is 0. The van der Waals surface area contributed by atoms with Gasteiger partial charge in [-0.1, -0.05) is 42.5 Å². The van der Waals surface area contributed by atoms with Crippen LogP contribution in [0.2, 0.25) is 0 Å².